The molecular formula is C16H14Cl2O. The van der Waals surface area contributed by atoms with E-state index in [-0.39, 0.29) is 6.61 Å². The third kappa shape index (κ3) is 3.84. The summed E-state index contributed by atoms with van der Waals surface area (Å²) in [7, 11) is 0. The molecule has 0 atom stereocenters. The van der Waals surface area contributed by atoms with Gasteiger partial charge < -0.3 is 5.11 Å². The van der Waals surface area contributed by atoms with Crippen LogP contribution in [0.2, 0.25) is 10.0 Å². The summed E-state index contributed by atoms with van der Waals surface area (Å²) < 4.78 is 0. The van der Waals surface area contributed by atoms with E-state index in [9.17, 15) is 0 Å². The lowest BCUT2D eigenvalue weighted by molar-refractivity contribution is 0.299. The van der Waals surface area contributed by atoms with Gasteiger partial charge in [0.05, 0.1) is 10.0 Å². The highest BCUT2D eigenvalue weighted by Crippen LogP contribution is 2.23. The van der Waals surface area contributed by atoms with Crippen molar-refractivity contribution in [1.82, 2.24) is 0 Å². The minimum absolute atomic E-state index is 0.150. The van der Waals surface area contributed by atoms with Gasteiger partial charge >= 0.3 is 0 Å². The van der Waals surface area contributed by atoms with Crippen LogP contribution in [0.1, 0.15) is 16.7 Å². The van der Waals surface area contributed by atoms with Crippen molar-refractivity contribution in [1.29, 1.82) is 0 Å². The summed E-state index contributed by atoms with van der Waals surface area (Å²) in [5, 5.41) is 10.1. The fourth-order valence-corrected chi connectivity index (χ4v) is 2.15. The Balaban J connectivity index is 2.24. The van der Waals surface area contributed by atoms with E-state index in [2.05, 4.69) is 0 Å². The molecule has 0 saturated carbocycles. The molecule has 0 unspecified atom stereocenters. The first-order valence-corrected chi connectivity index (χ1v) is 6.78. The third-order valence-electron chi connectivity index (χ3n) is 2.84. The van der Waals surface area contributed by atoms with Gasteiger partial charge in [-0.3, -0.25) is 0 Å². The van der Waals surface area contributed by atoms with Gasteiger partial charge in [-0.05, 0) is 35.2 Å². The van der Waals surface area contributed by atoms with Crippen molar-refractivity contribution in [2.45, 2.75) is 6.42 Å². The Bertz CT molecular complexity index is 591. The van der Waals surface area contributed by atoms with Crippen molar-refractivity contribution < 1.29 is 5.11 Å². The Labute approximate surface area is 123 Å². The first kappa shape index (κ1) is 14.1. The molecule has 2 aromatic carbocycles. The summed E-state index contributed by atoms with van der Waals surface area (Å²) >= 11 is 11.9. The van der Waals surface area contributed by atoms with Crippen LogP contribution in [0.25, 0.3) is 12.2 Å². The van der Waals surface area contributed by atoms with Crippen molar-refractivity contribution in [2.75, 3.05) is 6.61 Å². The van der Waals surface area contributed by atoms with Gasteiger partial charge in [-0.1, -0.05) is 65.7 Å². The van der Waals surface area contributed by atoms with E-state index < -0.39 is 0 Å². The van der Waals surface area contributed by atoms with Gasteiger partial charge in [0, 0.05) is 6.61 Å². The number of halogens is 2. The van der Waals surface area contributed by atoms with Crippen LogP contribution in [0.4, 0.5) is 0 Å². The Morgan fingerprint density at radius 3 is 2.47 bits per heavy atom. The normalized spacial score (nSPS) is 11.1. The van der Waals surface area contributed by atoms with E-state index in [0.29, 0.717) is 16.5 Å². The molecule has 0 aliphatic rings. The number of benzene rings is 2. The van der Waals surface area contributed by atoms with Crippen LogP contribution in [-0.2, 0) is 6.42 Å². The van der Waals surface area contributed by atoms with Gasteiger partial charge in [-0.25, -0.2) is 0 Å². The summed E-state index contributed by atoms with van der Waals surface area (Å²) in [6.07, 6.45) is 4.66. The van der Waals surface area contributed by atoms with Gasteiger partial charge in [0.1, 0.15) is 0 Å². The summed E-state index contributed by atoms with van der Waals surface area (Å²) in [4.78, 5) is 0. The Morgan fingerprint density at radius 2 is 1.74 bits per heavy atom. The molecule has 19 heavy (non-hydrogen) atoms. The van der Waals surface area contributed by atoms with Crippen LogP contribution in [0, 0.1) is 0 Å². The predicted molar refractivity (Wildman–Crippen MR) is 82.6 cm³/mol. The maximum Gasteiger partial charge on any atom is 0.0598 e. The van der Waals surface area contributed by atoms with E-state index in [0.717, 1.165) is 16.7 Å². The minimum Gasteiger partial charge on any atom is -0.396 e. The number of rotatable bonds is 4. The summed E-state index contributed by atoms with van der Waals surface area (Å²) in [6, 6.07) is 13.5. The molecule has 98 valence electrons. The summed E-state index contributed by atoms with van der Waals surface area (Å²) in [6.45, 7) is 0.150. The lowest BCUT2D eigenvalue weighted by Crippen LogP contribution is -1.93. The third-order valence-corrected chi connectivity index (χ3v) is 3.57. The zero-order valence-corrected chi connectivity index (χ0v) is 11.8. The molecule has 2 aromatic rings. The van der Waals surface area contributed by atoms with Crippen LogP contribution >= 0.6 is 23.2 Å². The van der Waals surface area contributed by atoms with Crippen molar-refractivity contribution >= 4 is 35.4 Å². The molecule has 0 bridgehead atoms. The smallest absolute Gasteiger partial charge is 0.0598 e. The minimum atomic E-state index is 0.150. The van der Waals surface area contributed by atoms with Gasteiger partial charge in [0.25, 0.3) is 0 Å². The van der Waals surface area contributed by atoms with E-state index in [1.807, 2.05) is 48.6 Å². The lowest BCUT2D eigenvalue weighted by atomic mass is 10.0. The highest BCUT2D eigenvalue weighted by molar-refractivity contribution is 6.42. The molecule has 0 aromatic heterocycles. The van der Waals surface area contributed by atoms with E-state index in [1.165, 1.54) is 0 Å². The van der Waals surface area contributed by atoms with Gasteiger partial charge in [-0.2, -0.15) is 0 Å². The summed E-state index contributed by atoms with van der Waals surface area (Å²) in [5.41, 5.74) is 3.22. The van der Waals surface area contributed by atoms with Crippen LogP contribution < -0.4 is 0 Å². The Kier molecular flexibility index (Phi) is 5.03. The first-order valence-electron chi connectivity index (χ1n) is 6.02. The molecule has 0 aliphatic heterocycles. The Morgan fingerprint density at radius 1 is 0.947 bits per heavy atom. The van der Waals surface area contributed by atoms with Crippen molar-refractivity contribution in [3.05, 3.63) is 69.2 Å². The molecule has 0 aliphatic carbocycles. The number of aliphatic hydroxyl groups excluding tert-OH is 1. The van der Waals surface area contributed by atoms with Gasteiger partial charge in [0.15, 0.2) is 0 Å². The second-order valence-electron chi connectivity index (χ2n) is 4.18. The quantitative estimate of drug-likeness (QED) is 0.810. The summed E-state index contributed by atoms with van der Waals surface area (Å²) in [5.74, 6) is 0. The van der Waals surface area contributed by atoms with Crippen molar-refractivity contribution in [3.8, 4) is 0 Å². The molecule has 0 fully saturated rings. The number of aliphatic hydroxyl groups is 1. The average Bonchev–Trinajstić information content (AvgIpc) is 2.42. The molecular weight excluding hydrogens is 279 g/mol. The highest BCUT2D eigenvalue weighted by Gasteiger charge is 1.99. The number of hydrogen-bond donors (Lipinski definition) is 1. The topological polar surface area (TPSA) is 20.2 Å². The zero-order chi connectivity index (χ0) is 13.7. The molecule has 0 radical (unpaired) electrons. The molecule has 1 N–H and O–H groups in total. The maximum absolute atomic E-state index is 9.04. The fraction of sp³-hybridized carbons (Fsp3) is 0.125. The van der Waals surface area contributed by atoms with E-state index in [4.69, 9.17) is 28.3 Å². The molecule has 2 rings (SSSR count). The predicted octanol–water partition coefficient (Wildman–Crippen LogP) is 4.70. The average molecular weight is 293 g/mol. The molecule has 0 heterocycles. The largest absolute Gasteiger partial charge is 0.396 e. The molecule has 1 nitrogen and oxygen atoms in total. The fourth-order valence-electron chi connectivity index (χ4n) is 1.85. The van der Waals surface area contributed by atoms with Crippen LogP contribution in [0.15, 0.2) is 42.5 Å². The van der Waals surface area contributed by atoms with Gasteiger partial charge in [0.2, 0.25) is 0 Å². The van der Waals surface area contributed by atoms with E-state index in [1.54, 1.807) is 6.07 Å². The molecule has 0 saturated heterocycles. The molecule has 3 heteroatoms. The number of hydrogen-bond acceptors (Lipinski definition) is 1. The van der Waals surface area contributed by atoms with Crippen molar-refractivity contribution in [2.24, 2.45) is 0 Å². The SMILES string of the molecule is OCCc1ccccc1/C=C\c1ccc(Cl)c(Cl)c1. The zero-order valence-electron chi connectivity index (χ0n) is 10.3. The molecule has 0 amide bonds. The highest BCUT2D eigenvalue weighted by atomic mass is 35.5. The Hall–Kier alpha value is -1.28. The maximum atomic E-state index is 9.04. The van der Waals surface area contributed by atoms with Crippen LogP contribution in [0.3, 0.4) is 0 Å². The van der Waals surface area contributed by atoms with Crippen LogP contribution in [-0.4, -0.2) is 11.7 Å². The first-order chi connectivity index (χ1) is 9.20. The van der Waals surface area contributed by atoms with Crippen LogP contribution in [0.5, 0.6) is 0 Å². The van der Waals surface area contributed by atoms with E-state index >= 15 is 0 Å². The second kappa shape index (κ2) is 6.76. The van der Waals surface area contributed by atoms with Gasteiger partial charge in [-0.15, -0.1) is 0 Å². The van der Waals surface area contributed by atoms with Crippen molar-refractivity contribution in [3.63, 3.8) is 0 Å². The lowest BCUT2D eigenvalue weighted by Gasteiger charge is -2.04. The molecule has 0 spiro atoms. The monoisotopic (exact) mass is 292 g/mol. The standard InChI is InChI=1S/C16H14Cl2O/c17-15-8-6-12(11-16(15)18)5-7-13-3-1-2-4-14(13)9-10-19/h1-8,11,19H,9-10H2/b7-5-. The second-order valence-corrected chi connectivity index (χ2v) is 4.99.